The van der Waals surface area contributed by atoms with Crippen molar-refractivity contribution in [2.24, 2.45) is 0 Å². The summed E-state index contributed by atoms with van der Waals surface area (Å²) in [4.78, 5) is 24.5. The smallest absolute Gasteiger partial charge is 0.377 e. The van der Waals surface area contributed by atoms with Gasteiger partial charge < -0.3 is 14.9 Å². The molecule has 1 aromatic heterocycles. The second-order valence-corrected chi connectivity index (χ2v) is 4.08. The molecule has 0 amide bonds. The van der Waals surface area contributed by atoms with Crippen LogP contribution in [0.4, 0.5) is 14.6 Å². The molecule has 0 aromatic carbocycles. The molecule has 0 radical (unpaired) electrons. The van der Waals surface area contributed by atoms with E-state index in [9.17, 15) is 23.7 Å². The summed E-state index contributed by atoms with van der Waals surface area (Å²) in [5.74, 6) is -1.69. The van der Waals surface area contributed by atoms with Crippen molar-refractivity contribution in [3.8, 4) is 0 Å². The molecule has 98 valence electrons. The molecule has 0 aliphatic rings. The van der Waals surface area contributed by atoms with Crippen LogP contribution in [0.1, 0.15) is 29.3 Å². The number of ether oxygens (including phenoxy) is 1. The van der Waals surface area contributed by atoms with E-state index in [0.717, 1.165) is 6.20 Å². The number of nitrogens with zero attached hydrogens (tertiary/aromatic N) is 2. The molecule has 0 fully saturated rings. The normalized spacial score (nSPS) is 10.5. The second-order valence-electron chi connectivity index (χ2n) is 3.00. The first-order valence-corrected chi connectivity index (χ1v) is 5.76. The molecule has 1 aromatic rings. The fourth-order valence-electron chi connectivity index (χ4n) is 1.20. The lowest BCUT2D eigenvalue weighted by atomic mass is 10.1. The van der Waals surface area contributed by atoms with E-state index in [-0.39, 0.29) is 10.2 Å². The van der Waals surface area contributed by atoms with Gasteiger partial charge in [0.05, 0.1) is 12.2 Å². The lowest BCUT2D eigenvalue weighted by Crippen LogP contribution is -2.12. The van der Waals surface area contributed by atoms with Gasteiger partial charge in [0.2, 0.25) is 0 Å². The number of alkyl halides is 2. The van der Waals surface area contributed by atoms with Crippen molar-refractivity contribution < 1.29 is 23.2 Å². The number of rotatable bonds is 4. The molecule has 0 saturated heterocycles. The van der Waals surface area contributed by atoms with Crippen LogP contribution in [0.3, 0.4) is 0 Å². The zero-order valence-corrected chi connectivity index (χ0v) is 11.2. The van der Waals surface area contributed by atoms with Crippen LogP contribution in [-0.2, 0) is 4.74 Å². The van der Waals surface area contributed by atoms with Gasteiger partial charge in [-0.25, -0.2) is 13.6 Å². The van der Waals surface area contributed by atoms with Crippen molar-refractivity contribution >= 4 is 34.4 Å². The van der Waals surface area contributed by atoms with E-state index in [0.29, 0.717) is 0 Å². The molecule has 0 bridgehead atoms. The zero-order chi connectivity index (χ0) is 13.9. The van der Waals surface area contributed by atoms with Crippen molar-refractivity contribution in [2.75, 3.05) is 6.61 Å². The van der Waals surface area contributed by atoms with Gasteiger partial charge >= 0.3 is 11.8 Å². The maximum absolute atomic E-state index is 12.9. The molecular weight excluding hydrogens is 365 g/mol. The largest absolute Gasteiger partial charge is 0.462 e. The average molecular weight is 372 g/mol. The topological polar surface area (TPSA) is 82.3 Å². The van der Waals surface area contributed by atoms with Gasteiger partial charge in [-0.2, -0.15) is 0 Å². The highest BCUT2D eigenvalue weighted by atomic mass is 127. The summed E-state index contributed by atoms with van der Waals surface area (Å²) in [6, 6.07) is 0. The molecule has 0 atom stereocenters. The number of nitro groups is 1. The lowest BCUT2D eigenvalue weighted by Gasteiger charge is -2.08. The Morgan fingerprint density at radius 1 is 1.67 bits per heavy atom. The maximum atomic E-state index is 12.9. The predicted octanol–water partition coefficient (Wildman–Crippen LogP) is 2.71. The van der Waals surface area contributed by atoms with Crippen LogP contribution >= 0.6 is 22.6 Å². The van der Waals surface area contributed by atoms with Crippen molar-refractivity contribution in [3.63, 3.8) is 0 Å². The number of hydrogen-bond acceptors (Lipinski definition) is 5. The van der Waals surface area contributed by atoms with E-state index in [4.69, 9.17) is 0 Å². The Kier molecular flexibility index (Phi) is 4.87. The fraction of sp³-hybridized carbons (Fsp3) is 0.333. The third-order valence-electron chi connectivity index (χ3n) is 1.93. The summed E-state index contributed by atoms with van der Waals surface area (Å²) < 4.78 is 30.0. The lowest BCUT2D eigenvalue weighted by molar-refractivity contribution is -0.390. The van der Waals surface area contributed by atoms with Crippen LogP contribution in [0.2, 0.25) is 0 Å². The summed E-state index contributed by atoms with van der Waals surface area (Å²) in [6.45, 7) is 1.53. The molecule has 0 saturated carbocycles. The molecule has 1 rings (SSSR count). The maximum Gasteiger partial charge on any atom is 0.377 e. The molecule has 0 N–H and O–H groups in total. The minimum atomic E-state index is -3.03. The highest BCUT2D eigenvalue weighted by molar-refractivity contribution is 14.1. The molecule has 0 aliphatic carbocycles. The first kappa shape index (κ1) is 14.7. The number of halogens is 3. The highest BCUT2D eigenvalue weighted by Crippen LogP contribution is 2.32. The molecule has 0 spiro atoms. The van der Waals surface area contributed by atoms with E-state index in [1.165, 1.54) is 29.5 Å². The van der Waals surface area contributed by atoms with Crippen LogP contribution in [0.5, 0.6) is 0 Å². The Balaban J connectivity index is 3.41. The van der Waals surface area contributed by atoms with E-state index in [1.807, 2.05) is 0 Å². The van der Waals surface area contributed by atoms with Crippen molar-refractivity contribution in [1.82, 2.24) is 4.98 Å². The number of aromatic nitrogens is 1. The summed E-state index contributed by atoms with van der Waals surface area (Å²) in [5.41, 5.74) is -1.18. The van der Waals surface area contributed by atoms with Crippen LogP contribution < -0.4 is 0 Å². The number of carbonyl (C=O) groups excluding carboxylic acids is 1. The summed E-state index contributed by atoms with van der Waals surface area (Å²) in [5, 5.41) is 10.6. The zero-order valence-electron chi connectivity index (χ0n) is 9.02. The molecular formula is C9H7F2IN2O4. The third kappa shape index (κ3) is 2.89. The van der Waals surface area contributed by atoms with Gasteiger partial charge in [-0.3, -0.25) is 0 Å². The van der Waals surface area contributed by atoms with Gasteiger partial charge in [0.1, 0.15) is 9.13 Å². The van der Waals surface area contributed by atoms with Gasteiger partial charge in [-0.15, -0.1) is 0 Å². The van der Waals surface area contributed by atoms with Crippen LogP contribution in [-0.4, -0.2) is 22.5 Å². The molecule has 9 heteroatoms. The van der Waals surface area contributed by atoms with Gasteiger partial charge in [-0.05, 0) is 39.4 Å². The Labute approximate surface area is 114 Å². The minimum Gasteiger partial charge on any atom is -0.462 e. The standard InChI is InChI=1S/C9H7F2IN2O4/c1-2-18-9(15)4-3-13-8(14(16)17)6(12)5(4)7(10)11/h3,7H,2H2,1H3. The fourth-order valence-corrected chi connectivity index (χ4v) is 2.06. The van der Waals surface area contributed by atoms with Crippen LogP contribution in [0.25, 0.3) is 0 Å². The first-order valence-electron chi connectivity index (χ1n) is 4.68. The highest BCUT2D eigenvalue weighted by Gasteiger charge is 2.30. The third-order valence-corrected chi connectivity index (χ3v) is 2.99. The first-order chi connectivity index (χ1) is 8.40. The van der Waals surface area contributed by atoms with Gasteiger partial charge in [-0.1, -0.05) is 0 Å². The van der Waals surface area contributed by atoms with Crippen LogP contribution in [0.15, 0.2) is 6.20 Å². The predicted molar refractivity (Wildman–Crippen MR) is 64.5 cm³/mol. The summed E-state index contributed by atoms with van der Waals surface area (Å²) in [7, 11) is 0. The SMILES string of the molecule is CCOC(=O)c1cnc([N+](=O)[O-])c(I)c1C(F)F. The van der Waals surface area contributed by atoms with Crippen LogP contribution in [0, 0.1) is 13.7 Å². The van der Waals surface area contributed by atoms with E-state index >= 15 is 0 Å². The molecule has 6 nitrogen and oxygen atoms in total. The minimum absolute atomic E-state index is 0.00901. The Bertz CT molecular complexity index is 496. The molecule has 1 heterocycles. The molecule has 18 heavy (non-hydrogen) atoms. The number of hydrogen-bond donors (Lipinski definition) is 0. The van der Waals surface area contributed by atoms with E-state index < -0.39 is 34.3 Å². The molecule has 0 aliphatic heterocycles. The Morgan fingerprint density at radius 2 is 2.28 bits per heavy atom. The average Bonchev–Trinajstić information content (AvgIpc) is 2.27. The number of carbonyl (C=O) groups is 1. The Morgan fingerprint density at radius 3 is 2.72 bits per heavy atom. The summed E-state index contributed by atoms with van der Waals surface area (Å²) in [6.07, 6.45) is -2.29. The Hall–Kier alpha value is -1.39. The molecule has 0 unspecified atom stereocenters. The van der Waals surface area contributed by atoms with Crippen molar-refractivity contribution in [2.45, 2.75) is 13.3 Å². The van der Waals surface area contributed by atoms with Gasteiger partial charge in [0.15, 0.2) is 6.20 Å². The van der Waals surface area contributed by atoms with E-state index in [1.54, 1.807) is 0 Å². The van der Waals surface area contributed by atoms with Crippen molar-refractivity contribution in [3.05, 3.63) is 31.0 Å². The van der Waals surface area contributed by atoms with Crippen molar-refractivity contribution in [1.29, 1.82) is 0 Å². The monoisotopic (exact) mass is 372 g/mol. The second kappa shape index (κ2) is 5.98. The van der Waals surface area contributed by atoms with Gasteiger partial charge in [0.25, 0.3) is 6.43 Å². The van der Waals surface area contributed by atoms with E-state index in [2.05, 4.69) is 9.72 Å². The van der Waals surface area contributed by atoms with Gasteiger partial charge in [0, 0.05) is 0 Å². The number of esters is 1. The number of pyridine rings is 1. The quantitative estimate of drug-likeness (QED) is 0.351. The summed E-state index contributed by atoms with van der Waals surface area (Å²) >= 11 is 1.37.